The van der Waals surface area contributed by atoms with Gasteiger partial charge < -0.3 is 19.5 Å². The molecule has 1 aliphatic carbocycles. The molecule has 1 fully saturated rings. The summed E-state index contributed by atoms with van der Waals surface area (Å²) in [5, 5.41) is 9.20. The zero-order valence-corrected chi connectivity index (χ0v) is 13.7. The maximum Gasteiger partial charge on any atom is 0.176 e. The number of Topliss-reactive ketones (excluding diaryl/α,β-unsaturated/α-hetero) is 1. The van der Waals surface area contributed by atoms with E-state index in [-0.39, 0.29) is 24.2 Å². The zero-order valence-electron chi connectivity index (χ0n) is 13.7. The Morgan fingerprint density at radius 2 is 2.35 bits per heavy atom. The minimum absolute atomic E-state index is 0.00176. The molecule has 2 aliphatic heterocycles. The van der Waals surface area contributed by atoms with Gasteiger partial charge in [0.25, 0.3) is 0 Å². The minimum atomic E-state index is -0.490. The summed E-state index contributed by atoms with van der Waals surface area (Å²) in [6, 6.07) is 4.52. The monoisotopic (exact) mass is 317 g/mol. The van der Waals surface area contributed by atoms with E-state index in [9.17, 15) is 9.90 Å². The molecule has 3 atom stereocenters. The molecule has 2 heterocycles. The predicted molar refractivity (Wildman–Crippen MR) is 85.2 cm³/mol. The SMILES string of the molecule is COc1ccc2c3c1O[C@@H](C(=O)CCO)C31CCN(C)C(C2)C1. The van der Waals surface area contributed by atoms with Crippen LogP contribution in [0.2, 0.25) is 0 Å². The van der Waals surface area contributed by atoms with E-state index in [1.54, 1.807) is 7.11 Å². The number of ether oxygens (including phenoxy) is 2. The molecule has 4 rings (SSSR count). The molecule has 23 heavy (non-hydrogen) atoms. The summed E-state index contributed by atoms with van der Waals surface area (Å²) in [5.74, 6) is 1.46. The van der Waals surface area contributed by atoms with Crippen molar-refractivity contribution in [3.05, 3.63) is 23.3 Å². The normalized spacial score (nSPS) is 31.4. The number of carbonyl (C=O) groups is 1. The van der Waals surface area contributed by atoms with Crippen LogP contribution in [0.1, 0.15) is 30.4 Å². The Labute approximate surface area is 136 Å². The molecule has 5 heteroatoms. The maximum absolute atomic E-state index is 12.7. The van der Waals surface area contributed by atoms with Gasteiger partial charge in [0.15, 0.2) is 23.4 Å². The Hall–Kier alpha value is -1.59. The van der Waals surface area contributed by atoms with Crippen LogP contribution in [0.3, 0.4) is 0 Å². The third kappa shape index (κ3) is 1.96. The number of carbonyl (C=O) groups excluding carboxylic acids is 1. The molecule has 2 bridgehead atoms. The van der Waals surface area contributed by atoms with Crippen molar-refractivity contribution in [1.29, 1.82) is 0 Å². The number of nitrogens with zero attached hydrogens (tertiary/aromatic N) is 1. The predicted octanol–water partition coefficient (Wildman–Crippen LogP) is 1.30. The fourth-order valence-corrected chi connectivity index (χ4v) is 4.76. The summed E-state index contributed by atoms with van der Waals surface area (Å²) >= 11 is 0. The van der Waals surface area contributed by atoms with Crippen molar-refractivity contribution < 1.29 is 19.4 Å². The molecular formula is C18H23NO4. The molecule has 1 aromatic rings. The lowest BCUT2D eigenvalue weighted by Crippen LogP contribution is -2.57. The Morgan fingerprint density at radius 3 is 3.09 bits per heavy atom. The topological polar surface area (TPSA) is 59.0 Å². The quantitative estimate of drug-likeness (QED) is 0.907. The number of likely N-dealkylation sites (N-methyl/N-ethyl adjacent to an activating group) is 1. The number of hydrogen-bond donors (Lipinski definition) is 1. The number of ketones is 1. The van der Waals surface area contributed by atoms with Crippen LogP contribution < -0.4 is 9.47 Å². The highest BCUT2D eigenvalue weighted by molar-refractivity contribution is 5.87. The van der Waals surface area contributed by atoms with E-state index in [1.807, 2.05) is 6.07 Å². The number of fused-ring (bicyclic) bond motifs is 1. The van der Waals surface area contributed by atoms with Crippen molar-refractivity contribution in [2.45, 2.75) is 43.2 Å². The zero-order chi connectivity index (χ0) is 16.2. The van der Waals surface area contributed by atoms with Crippen LogP contribution in [0.4, 0.5) is 0 Å². The largest absolute Gasteiger partial charge is 0.493 e. The van der Waals surface area contributed by atoms with Crippen molar-refractivity contribution in [2.75, 3.05) is 27.3 Å². The first-order valence-electron chi connectivity index (χ1n) is 8.31. The summed E-state index contributed by atoms with van der Waals surface area (Å²) in [6.07, 6.45) is 2.51. The highest BCUT2D eigenvalue weighted by Crippen LogP contribution is 2.58. The summed E-state index contributed by atoms with van der Waals surface area (Å²) in [7, 11) is 3.80. The molecule has 3 aliphatic rings. The van der Waals surface area contributed by atoms with Gasteiger partial charge in [0.1, 0.15) is 0 Å². The number of hydrogen-bond acceptors (Lipinski definition) is 5. The molecular weight excluding hydrogens is 294 g/mol. The first-order chi connectivity index (χ1) is 11.1. The smallest absolute Gasteiger partial charge is 0.176 e. The number of likely N-dealkylation sites (tertiary alicyclic amines) is 1. The van der Waals surface area contributed by atoms with Gasteiger partial charge in [-0.1, -0.05) is 6.07 Å². The van der Waals surface area contributed by atoms with Crippen molar-refractivity contribution in [2.24, 2.45) is 0 Å². The third-order valence-electron chi connectivity index (χ3n) is 5.90. The van der Waals surface area contributed by atoms with Gasteiger partial charge in [-0.25, -0.2) is 0 Å². The molecule has 2 unspecified atom stereocenters. The van der Waals surface area contributed by atoms with E-state index in [0.29, 0.717) is 11.8 Å². The van der Waals surface area contributed by atoms with Gasteiger partial charge in [-0.05, 0) is 44.5 Å². The van der Waals surface area contributed by atoms with Gasteiger partial charge in [0.05, 0.1) is 13.7 Å². The first kappa shape index (κ1) is 15.0. The van der Waals surface area contributed by atoms with Gasteiger partial charge in [0.2, 0.25) is 0 Å². The van der Waals surface area contributed by atoms with E-state index >= 15 is 0 Å². The van der Waals surface area contributed by atoms with E-state index < -0.39 is 6.10 Å². The van der Waals surface area contributed by atoms with Gasteiger partial charge in [-0.2, -0.15) is 0 Å². The molecule has 1 N–H and O–H groups in total. The second kappa shape index (κ2) is 5.21. The Kier molecular flexibility index (Phi) is 3.39. The first-order valence-corrected chi connectivity index (χ1v) is 8.31. The van der Waals surface area contributed by atoms with Crippen LogP contribution in [-0.2, 0) is 16.6 Å². The Bertz CT molecular complexity index is 659. The average Bonchev–Trinajstić information content (AvgIpc) is 2.88. The van der Waals surface area contributed by atoms with E-state index in [4.69, 9.17) is 9.47 Å². The van der Waals surface area contributed by atoms with Gasteiger partial charge in [-0.3, -0.25) is 4.79 Å². The van der Waals surface area contributed by atoms with Crippen molar-refractivity contribution in [3.8, 4) is 11.5 Å². The average molecular weight is 317 g/mol. The lowest BCUT2D eigenvalue weighted by atomic mass is 9.61. The molecule has 1 spiro atoms. The molecule has 1 saturated heterocycles. The second-order valence-corrected chi connectivity index (χ2v) is 7.02. The Balaban J connectivity index is 1.87. The van der Waals surface area contributed by atoms with Crippen LogP contribution in [0.5, 0.6) is 11.5 Å². The van der Waals surface area contributed by atoms with Crippen LogP contribution in [0.15, 0.2) is 12.1 Å². The van der Waals surface area contributed by atoms with Crippen molar-refractivity contribution >= 4 is 5.78 Å². The highest BCUT2D eigenvalue weighted by atomic mass is 16.5. The summed E-state index contributed by atoms with van der Waals surface area (Å²) in [4.78, 5) is 15.0. The number of methoxy groups -OCH3 is 1. The molecule has 1 aromatic carbocycles. The molecule has 0 saturated carbocycles. The second-order valence-electron chi connectivity index (χ2n) is 7.02. The van der Waals surface area contributed by atoms with Crippen LogP contribution in [0.25, 0.3) is 0 Å². The van der Waals surface area contributed by atoms with E-state index in [0.717, 1.165) is 31.6 Å². The van der Waals surface area contributed by atoms with Crippen molar-refractivity contribution in [1.82, 2.24) is 4.90 Å². The van der Waals surface area contributed by atoms with Crippen LogP contribution in [0, 0.1) is 0 Å². The molecule has 5 nitrogen and oxygen atoms in total. The van der Waals surface area contributed by atoms with Crippen LogP contribution >= 0.6 is 0 Å². The summed E-state index contributed by atoms with van der Waals surface area (Å²) < 4.78 is 11.7. The van der Waals surface area contributed by atoms with Crippen LogP contribution in [-0.4, -0.2) is 55.2 Å². The molecule has 0 amide bonds. The fourth-order valence-electron chi connectivity index (χ4n) is 4.76. The fraction of sp³-hybridized carbons (Fsp3) is 0.611. The number of piperidine rings is 1. The molecule has 0 radical (unpaired) electrons. The number of rotatable bonds is 4. The maximum atomic E-state index is 12.7. The van der Waals surface area contributed by atoms with Gasteiger partial charge in [-0.15, -0.1) is 0 Å². The lowest BCUT2D eigenvalue weighted by molar-refractivity contribution is -0.130. The number of benzene rings is 1. The third-order valence-corrected chi connectivity index (χ3v) is 5.90. The standard InChI is InChI=1S/C18H23NO4/c1-19-7-6-18-10-12(19)9-11-3-4-14(22-2)16(15(11)18)23-17(18)13(21)5-8-20/h3-4,12,17,20H,5-10H2,1-2H3/t12?,17-,18?/m0/s1. The lowest BCUT2D eigenvalue weighted by Gasteiger charge is -2.49. The summed E-state index contributed by atoms with van der Waals surface area (Å²) in [5.41, 5.74) is 2.22. The minimum Gasteiger partial charge on any atom is -0.493 e. The molecule has 124 valence electrons. The van der Waals surface area contributed by atoms with E-state index in [2.05, 4.69) is 18.0 Å². The van der Waals surface area contributed by atoms with Crippen molar-refractivity contribution in [3.63, 3.8) is 0 Å². The van der Waals surface area contributed by atoms with Gasteiger partial charge in [0, 0.05) is 23.4 Å². The Morgan fingerprint density at radius 1 is 1.52 bits per heavy atom. The number of aliphatic hydroxyl groups excluding tert-OH is 1. The molecule has 0 aromatic heterocycles. The number of aliphatic hydroxyl groups is 1. The van der Waals surface area contributed by atoms with E-state index in [1.165, 1.54) is 11.1 Å². The van der Waals surface area contributed by atoms with Gasteiger partial charge >= 0.3 is 0 Å². The summed E-state index contributed by atoms with van der Waals surface area (Å²) in [6.45, 7) is 0.839. The highest BCUT2D eigenvalue weighted by Gasteiger charge is 2.58.